The van der Waals surface area contributed by atoms with E-state index in [-0.39, 0.29) is 11.8 Å². The number of rotatable bonds is 6. The number of likely N-dealkylation sites (N-methyl/N-ethyl adjacent to an activating group) is 1. The van der Waals surface area contributed by atoms with Crippen molar-refractivity contribution in [1.82, 2.24) is 15.6 Å². The quantitative estimate of drug-likeness (QED) is 0.587. The molecule has 32 heavy (non-hydrogen) atoms. The third kappa shape index (κ3) is 4.02. The highest BCUT2D eigenvalue weighted by atomic mass is 16.5. The van der Waals surface area contributed by atoms with Gasteiger partial charge in [-0.15, -0.1) is 0 Å². The maximum Gasteiger partial charge on any atom is 0.225 e. The number of hydrogen-bond acceptors (Lipinski definition) is 5. The molecule has 0 bridgehead atoms. The van der Waals surface area contributed by atoms with Gasteiger partial charge in [0.05, 0.1) is 17.1 Å². The van der Waals surface area contributed by atoms with Crippen LogP contribution in [-0.2, 0) is 4.79 Å². The van der Waals surface area contributed by atoms with Gasteiger partial charge in [0.15, 0.2) is 0 Å². The Kier molecular flexibility index (Phi) is 5.70. The van der Waals surface area contributed by atoms with Gasteiger partial charge in [0.2, 0.25) is 5.91 Å². The number of carbonyl (C=O) groups is 1. The molecule has 0 spiro atoms. The fourth-order valence-electron chi connectivity index (χ4n) is 4.89. The number of fused-ring (bicyclic) bond motifs is 2. The molecule has 2 aliphatic heterocycles. The van der Waals surface area contributed by atoms with E-state index in [0.717, 1.165) is 60.5 Å². The number of hydrogen-bond donors (Lipinski definition) is 2. The van der Waals surface area contributed by atoms with Crippen molar-refractivity contribution in [3.05, 3.63) is 54.1 Å². The zero-order valence-electron chi connectivity index (χ0n) is 18.7. The van der Waals surface area contributed by atoms with Crippen molar-refractivity contribution in [2.75, 3.05) is 44.7 Å². The SMILES string of the molecule is CNCCOc1ccc(-c2cc(N3CC4CCNC(=O)C4C3)c3ccc(C)cc3n2)cc1. The van der Waals surface area contributed by atoms with E-state index in [1.807, 2.05) is 19.2 Å². The maximum absolute atomic E-state index is 12.4. The van der Waals surface area contributed by atoms with Gasteiger partial charge in [-0.1, -0.05) is 12.1 Å². The normalized spacial score (nSPS) is 20.3. The van der Waals surface area contributed by atoms with Crippen molar-refractivity contribution >= 4 is 22.5 Å². The molecule has 2 fully saturated rings. The molecule has 3 heterocycles. The highest BCUT2D eigenvalue weighted by Crippen LogP contribution is 2.38. The fourth-order valence-corrected chi connectivity index (χ4v) is 4.89. The van der Waals surface area contributed by atoms with E-state index in [1.54, 1.807) is 0 Å². The fraction of sp³-hybridized carbons (Fsp3) is 0.385. The van der Waals surface area contributed by atoms with E-state index < -0.39 is 0 Å². The lowest BCUT2D eigenvalue weighted by molar-refractivity contribution is -0.127. The predicted octanol–water partition coefficient (Wildman–Crippen LogP) is 3.38. The average molecular weight is 431 g/mol. The Morgan fingerprint density at radius 3 is 2.78 bits per heavy atom. The number of ether oxygens (including phenoxy) is 1. The molecule has 2 aliphatic rings. The highest BCUT2D eigenvalue weighted by Gasteiger charge is 2.40. The monoisotopic (exact) mass is 430 g/mol. The van der Waals surface area contributed by atoms with Crippen LogP contribution in [0.4, 0.5) is 5.69 Å². The second-order valence-corrected chi connectivity index (χ2v) is 8.87. The lowest BCUT2D eigenvalue weighted by Crippen LogP contribution is -2.41. The van der Waals surface area contributed by atoms with Gasteiger partial charge < -0.3 is 20.3 Å². The molecule has 2 unspecified atom stereocenters. The van der Waals surface area contributed by atoms with Gasteiger partial charge in [-0.3, -0.25) is 4.79 Å². The first-order valence-electron chi connectivity index (χ1n) is 11.4. The van der Waals surface area contributed by atoms with Crippen LogP contribution in [0.25, 0.3) is 22.2 Å². The van der Waals surface area contributed by atoms with Crippen LogP contribution < -0.4 is 20.3 Å². The van der Waals surface area contributed by atoms with E-state index in [0.29, 0.717) is 12.5 Å². The van der Waals surface area contributed by atoms with Crippen molar-refractivity contribution in [3.63, 3.8) is 0 Å². The van der Waals surface area contributed by atoms with E-state index in [1.165, 1.54) is 11.3 Å². The first-order valence-corrected chi connectivity index (χ1v) is 11.4. The van der Waals surface area contributed by atoms with Gasteiger partial charge >= 0.3 is 0 Å². The third-order valence-electron chi connectivity index (χ3n) is 6.65. The zero-order chi connectivity index (χ0) is 22.1. The van der Waals surface area contributed by atoms with Crippen LogP contribution in [0.15, 0.2) is 48.5 Å². The second-order valence-electron chi connectivity index (χ2n) is 8.87. The summed E-state index contributed by atoms with van der Waals surface area (Å²) in [6, 6.07) is 16.8. The van der Waals surface area contributed by atoms with Crippen LogP contribution >= 0.6 is 0 Å². The number of carbonyl (C=O) groups excluding carboxylic acids is 1. The van der Waals surface area contributed by atoms with Crippen LogP contribution in [0.3, 0.4) is 0 Å². The van der Waals surface area contributed by atoms with Crippen LogP contribution in [0.2, 0.25) is 0 Å². The van der Waals surface area contributed by atoms with Crippen molar-refractivity contribution < 1.29 is 9.53 Å². The molecule has 1 aromatic heterocycles. The van der Waals surface area contributed by atoms with Crippen LogP contribution in [0.5, 0.6) is 5.75 Å². The lowest BCUT2D eigenvalue weighted by atomic mass is 9.89. The molecule has 2 atom stereocenters. The number of benzene rings is 2. The standard InChI is InChI=1S/C26H30N4O2/c1-17-3-8-21-24(13-17)29-23(18-4-6-20(7-5-18)32-12-11-27-2)14-25(21)30-15-19-9-10-28-26(31)22(19)16-30/h3-8,13-14,19,22,27H,9-12,15-16H2,1-2H3,(H,28,31). The summed E-state index contributed by atoms with van der Waals surface area (Å²) in [5.74, 6) is 1.56. The van der Waals surface area contributed by atoms with Crippen molar-refractivity contribution in [3.8, 4) is 17.0 Å². The first-order chi connectivity index (χ1) is 15.6. The Labute approximate surface area is 189 Å². The van der Waals surface area contributed by atoms with Crippen LogP contribution in [-0.4, -0.2) is 50.7 Å². The number of nitrogens with zero attached hydrogens (tertiary/aromatic N) is 2. The molecule has 1 amide bonds. The molecular weight excluding hydrogens is 400 g/mol. The number of nitrogens with one attached hydrogen (secondary N) is 2. The summed E-state index contributed by atoms with van der Waals surface area (Å²) in [7, 11) is 1.92. The van der Waals surface area contributed by atoms with Crippen molar-refractivity contribution in [1.29, 1.82) is 0 Å². The third-order valence-corrected chi connectivity index (χ3v) is 6.65. The molecule has 0 saturated carbocycles. The number of aromatic nitrogens is 1. The van der Waals surface area contributed by atoms with Crippen molar-refractivity contribution in [2.24, 2.45) is 11.8 Å². The number of aryl methyl sites for hydroxylation is 1. The van der Waals surface area contributed by atoms with E-state index >= 15 is 0 Å². The largest absolute Gasteiger partial charge is 0.492 e. The maximum atomic E-state index is 12.4. The molecule has 0 aliphatic carbocycles. The average Bonchev–Trinajstić information content (AvgIpc) is 3.24. The molecule has 6 heteroatoms. The zero-order valence-corrected chi connectivity index (χ0v) is 18.7. The molecular formula is C26H30N4O2. The smallest absolute Gasteiger partial charge is 0.225 e. The number of piperidine rings is 1. The minimum atomic E-state index is 0.0786. The van der Waals surface area contributed by atoms with Gasteiger partial charge in [0.25, 0.3) is 0 Å². The van der Waals surface area contributed by atoms with Gasteiger partial charge in [-0.25, -0.2) is 4.98 Å². The van der Waals surface area contributed by atoms with Crippen molar-refractivity contribution in [2.45, 2.75) is 13.3 Å². The minimum absolute atomic E-state index is 0.0786. The molecule has 5 rings (SSSR count). The summed E-state index contributed by atoms with van der Waals surface area (Å²) >= 11 is 0. The lowest BCUT2D eigenvalue weighted by Gasteiger charge is -2.23. The Hall–Kier alpha value is -3.12. The van der Waals surface area contributed by atoms with Crippen LogP contribution in [0.1, 0.15) is 12.0 Å². The Morgan fingerprint density at radius 2 is 2.00 bits per heavy atom. The molecule has 3 aromatic rings. The summed E-state index contributed by atoms with van der Waals surface area (Å²) in [5.41, 5.74) is 5.35. The summed E-state index contributed by atoms with van der Waals surface area (Å²) in [5, 5.41) is 7.27. The molecule has 2 N–H and O–H groups in total. The van der Waals surface area contributed by atoms with Crippen LogP contribution in [0, 0.1) is 18.8 Å². The predicted molar refractivity (Wildman–Crippen MR) is 128 cm³/mol. The minimum Gasteiger partial charge on any atom is -0.492 e. The molecule has 6 nitrogen and oxygen atoms in total. The summed E-state index contributed by atoms with van der Waals surface area (Å²) in [4.78, 5) is 19.8. The van der Waals surface area contributed by atoms with E-state index in [9.17, 15) is 4.79 Å². The number of amides is 1. The molecule has 0 radical (unpaired) electrons. The van der Waals surface area contributed by atoms with Gasteiger partial charge in [-0.2, -0.15) is 0 Å². The highest BCUT2D eigenvalue weighted by molar-refractivity contribution is 5.95. The first kappa shape index (κ1) is 20.8. The second kappa shape index (κ2) is 8.79. The topological polar surface area (TPSA) is 66.5 Å². The summed E-state index contributed by atoms with van der Waals surface area (Å²) in [6.07, 6.45) is 1.05. The van der Waals surface area contributed by atoms with Gasteiger partial charge in [0, 0.05) is 42.8 Å². The van der Waals surface area contributed by atoms with E-state index in [4.69, 9.17) is 9.72 Å². The Bertz CT molecular complexity index is 1130. The van der Waals surface area contributed by atoms with E-state index in [2.05, 4.69) is 58.9 Å². The molecule has 2 aromatic carbocycles. The Morgan fingerprint density at radius 1 is 1.16 bits per heavy atom. The van der Waals surface area contributed by atoms with Gasteiger partial charge in [0.1, 0.15) is 12.4 Å². The Balaban J connectivity index is 1.50. The number of pyridine rings is 1. The molecule has 2 saturated heterocycles. The summed E-state index contributed by atoms with van der Waals surface area (Å²) < 4.78 is 5.76. The summed E-state index contributed by atoms with van der Waals surface area (Å²) in [6.45, 7) is 6.02. The van der Waals surface area contributed by atoms with Gasteiger partial charge in [-0.05, 0) is 68.3 Å². The number of anilines is 1. The molecule has 166 valence electrons.